The van der Waals surface area contributed by atoms with Gasteiger partial charge in [-0.25, -0.2) is 4.79 Å². The highest BCUT2D eigenvalue weighted by atomic mass is 32.2. The predicted octanol–water partition coefficient (Wildman–Crippen LogP) is 2.08. The number of nitrogens with one attached hydrogen (secondary N) is 1. The molecule has 10 heteroatoms. The van der Waals surface area contributed by atoms with E-state index in [9.17, 15) is 9.59 Å². The summed E-state index contributed by atoms with van der Waals surface area (Å²) in [5.41, 5.74) is 5.98. The number of aromatic nitrogens is 4. The lowest BCUT2D eigenvalue weighted by atomic mass is 10.1. The number of amides is 3. The Kier molecular flexibility index (Phi) is 8.40. The zero-order chi connectivity index (χ0) is 20.5. The summed E-state index contributed by atoms with van der Waals surface area (Å²) in [7, 11) is 0. The van der Waals surface area contributed by atoms with Crippen LogP contribution in [0.2, 0.25) is 0 Å². The van der Waals surface area contributed by atoms with Gasteiger partial charge in [-0.15, -0.1) is 10.2 Å². The first-order valence-corrected chi connectivity index (χ1v) is 10.00. The molecular formula is C18H26N6O3S. The van der Waals surface area contributed by atoms with Crippen LogP contribution in [0.15, 0.2) is 29.7 Å². The number of hydrogen-bond acceptors (Lipinski definition) is 7. The van der Waals surface area contributed by atoms with Gasteiger partial charge in [-0.05, 0) is 31.4 Å². The van der Waals surface area contributed by atoms with Crippen LogP contribution in [-0.2, 0) is 16.1 Å². The van der Waals surface area contributed by atoms with Crippen molar-refractivity contribution in [3.05, 3.63) is 24.5 Å². The van der Waals surface area contributed by atoms with Gasteiger partial charge in [-0.1, -0.05) is 25.6 Å². The fraction of sp³-hybridized carbons (Fsp3) is 0.500. The second-order valence-electron chi connectivity index (χ2n) is 6.38. The largest absolute Gasteiger partial charge is 0.382 e. The van der Waals surface area contributed by atoms with Crippen molar-refractivity contribution in [3.63, 3.8) is 0 Å². The number of carbonyl (C=O) groups is 2. The molecule has 0 saturated heterocycles. The van der Waals surface area contributed by atoms with Gasteiger partial charge in [-0.3, -0.25) is 15.1 Å². The van der Waals surface area contributed by atoms with Crippen molar-refractivity contribution in [2.45, 2.75) is 44.1 Å². The Labute approximate surface area is 168 Å². The Morgan fingerprint density at radius 2 is 2.00 bits per heavy atom. The van der Waals surface area contributed by atoms with Gasteiger partial charge < -0.3 is 15.0 Å². The smallest absolute Gasteiger partial charge is 0.318 e. The lowest BCUT2D eigenvalue weighted by Crippen LogP contribution is -2.42. The zero-order valence-electron chi connectivity index (χ0n) is 16.3. The van der Waals surface area contributed by atoms with Crippen LogP contribution >= 0.6 is 11.8 Å². The van der Waals surface area contributed by atoms with E-state index in [2.05, 4.69) is 20.5 Å². The zero-order valence-corrected chi connectivity index (χ0v) is 17.1. The van der Waals surface area contributed by atoms with E-state index in [-0.39, 0.29) is 5.92 Å². The molecule has 0 aromatic carbocycles. The van der Waals surface area contributed by atoms with Gasteiger partial charge in [0.05, 0.1) is 5.25 Å². The van der Waals surface area contributed by atoms with E-state index in [0.29, 0.717) is 30.7 Å². The second kappa shape index (κ2) is 10.8. The van der Waals surface area contributed by atoms with E-state index in [0.717, 1.165) is 12.0 Å². The number of urea groups is 1. The highest BCUT2D eigenvalue weighted by molar-refractivity contribution is 8.00. The Morgan fingerprint density at radius 3 is 2.61 bits per heavy atom. The molecule has 0 radical (unpaired) electrons. The van der Waals surface area contributed by atoms with E-state index in [1.165, 1.54) is 11.8 Å². The predicted molar refractivity (Wildman–Crippen MR) is 107 cm³/mol. The highest BCUT2D eigenvalue weighted by Gasteiger charge is 2.27. The van der Waals surface area contributed by atoms with Crippen molar-refractivity contribution in [2.24, 2.45) is 11.7 Å². The average Bonchev–Trinajstić information content (AvgIpc) is 3.05. The molecule has 2 aromatic heterocycles. The average molecular weight is 407 g/mol. The molecule has 9 nitrogen and oxygen atoms in total. The molecule has 3 N–H and O–H groups in total. The fourth-order valence-electron chi connectivity index (χ4n) is 2.56. The molecule has 0 unspecified atom stereocenters. The third-order valence-electron chi connectivity index (χ3n) is 3.87. The van der Waals surface area contributed by atoms with Gasteiger partial charge in [0.15, 0.2) is 11.0 Å². The minimum Gasteiger partial charge on any atom is -0.382 e. The van der Waals surface area contributed by atoms with E-state index in [4.69, 9.17) is 10.5 Å². The topological polar surface area (TPSA) is 125 Å². The third-order valence-corrected chi connectivity index (χ3v) is 5.40. The maximum atomic E-state index is 12.4. The van der Waals surface area contributed by atoms with Crippen LogP contribution < -0.4 is 11.1 Å². The van der Waals surface area contributed by atoms with Crippen LogP contribution in [0.4, 0.5) is 4.79 Å². The number of pyridine rings is 1. The second-order valence-corrected chi connectivity index (χ2v) is 7.49. The molecule has 28 heavy (non-hydrogen) atoms. The van der Waals surface area contributed by atoms with Gasteiger partial charge in [0.2, 0.25) is 5.91 Å². The standard InChI is InChI=1S/C18H26N6O3S/c1-4-27-11-5-10-24-15(13-6-8-20-9-7-13)22-23-18(24)28-14(12(2)3)16(25)21-17(19)26/h6-9,12,14H,4-5,10-11H2,1-3H3,(H3,19,21,25,26)/t14-/m0/s1. The van der Waals surface area contributed by atoms with Crippen LogP contribution in [0.1, 0.15) is 27.2 Å². The lowest BCUT2D eigenvalue weighted by Gasteiger charge is -2.19. The number of nitrogens with two attached hydrogens (primary N) is 1. The summed E-state index contributed by atoms with van der Waals surface area (Å²) in [5, 5.41) is 10.8. The monoisotopic (exact) mass is 406 g/mol. The number of carbonyl (C=O) groups excluding carboxylic acids is 2. The van der Waals surface area contributed by atoms with Crippen molar-refractivity contribution >= 4 is 23.7 Å². The van der Waals surface area contributed by atoms with Crippen molar-refractivity contribution < 1.29 is 14.3 Å². The number of imide groups is 1. The summed E-state index contributed by atoms with van der Waals surface area (Å²) >= 11 is 1.27. The fourth-order valence-corrected chi connectivity index (χ4v) is 3.62. The SMILES string of the molecule is CCOCCCn1c(S[C@H](C(=O)NC(N)=O)C(C)C)nnc1-c1ccncc1. The minimum absolute atomic E-state index is 0.0395. The molecule has 0 aliphatic rings. The molecule has 0 bridgehead atoms. The van der Waals surface area contributed by atoms with Crippen LogP contribution in [0.3, 0.4) is 0 Å². The van der Waals surface area contributed by atoms with Crippen molar-refractivity contribution in [1.29, 1.82) is 0 Å². The maximum absolute atomic E-state index is 12.4. The molecular weight excluding hydrogens is 380 g/mol. The Balaban J connectivity index is 2.29. The quantitative estimate of drug-likeness (QED) is 0.457. The Hall–Kier alpha value is -2.46. The molecule has 3 amide bonds. The van der Waals surface area contributed by atoms with Crippen molar-refractivity contribution in [2.75, 3.05) is 13.2 Å². The normalized spacial score (nSPS) is 12.1. The molecule has 0 spiro atoms. The first kappa shape index (κ1) is 21.8. The highest BCUT2D eigenvalue weighted by Crippen LogP contribution is 2.30. The first-order valence-electron chi connectivity index (χ1n) is 9.12. The Bertz CT molecular complexity index is 781. The summed E-state index contributed by atoms with van der Waals surface area (Å²) in [6, 6.07) is 2.85. The number of nitrogens with zero attached hydrogens (tertiary/aromatic N) is 4. The van der Waals surface area contributed by atoms with E-state index in [1.54, 1.807) is 12.4 Å². The summed E-state index contributed by atoms with van der Waals surface area (Å²) in [4.78, 5) is 27.5. The molecule has 0 fully saturated rings. The van der Waals surface area contributed by atoms with Gasteiger partial charge in [-0.2, -0.15) is 0 Å². The first-order chi connectivity index (χ1) is 13.4. The van der Waals surface area contributed by atoms with E-state index in [1.807, 2.05) is 37.5 Å². The van der Waals surface area contributed by atoms with Gasteiger partial charge in [0, 0.05) is 37.7 Å². The van der Waals surface area contributed by atoms with Crippen LogP contribution in [0, 0.1) is 5.92 Å². The Morgan fingerprint density at radius 1 is 1.29 bits per heavy atom. The molecule has 0 aliphatic carbocycles. The van der Waals surface area contributed by atoms with Gasteiger partial charge in [0.1, 0.15) is 0 Å². The van der Waals surface area contributed by atoms with E-state index < -0.39 is 17.2 Å². The van der Waals surface area contributed by atoms with Gasteiger partial charge in [0.25, 0.3) is 0 Å². The number of primary amides is 1. The number of thioether (sulfide) groups is 1. The maximum Gasteiger partial charge on any atom is 0.318 e. The summed E-state index contributed by atoms with van der Waals surface area (Å²) in [5.74, 6) is 0.211. The molecule has 2 heterocycles. The molecule has 2 rings (SSSR count). The van der Waals surface area contributed by atoms with E-state index >= 15 is 0 Å². The molecule has 2 aromatic rings. The molecule has 0 saturated carbocycles. The summed E-state index contributed by atoms with van der Waals surface area (Å²) in [6.07, 6.45) is 4.16. The summed E-state index contributed by atoms with van der Waals surface area (Å²) < 4.78 is 7.40. The van der Waals surface area contributed by atoms with Crippen LogP contribution in [-0.4, -0.2) is 50.2 Å². The summed E-state index contributed by atoms with van der Waals surface area (Å²) in [6.45, 7) is 7.66. The number of ether oxygens (including phenoxy) is 1. The van der Waals surface area contributed by atoms with Crippen molar-refractivity contribution in [3.8, 4) is 11.4 Å². The van der Waals surface area contributed by atoms with Gasteiger partial charge >= 0.3 is 6.03 Å². The number of hydrogen-bond donors (Lipinski definition) is 2. The molecule has 152 valence electrons. The van der Waals surface area contributed by atoms with Crippen molar-refractivity contribution in [1.82, 2.24) is 25.1 Å². The minimum atomic E-state index is -0.869. The lowest BCUT2D eigenvalue weighted by molar-refractivity contribution is -0.120. The third kappa shape index (κ3) is 6.03. The van der Waals surface area contributed by atoms with Crippen LogP contribution in [0.5, 0.6) is 0 Å². The molecule has 1 atom stereocenters. The molecule has 0 aliphatic heterocycles. The number of rotatable bonds is 10. The van der Waals surface area contributed by atoms with Crippen LogP contribution in [0.25, 0.3) is 11.4 Å².